The summed E-state index contributed by atoms with van der Waals surface area (Å²) < 4.78 is 29.6. The molecule has 3 aromatic rings. The highest BCUT2D eigenvalue weighted by atomic mass is 35.5. The van der Waals surface area contributed by atoms with Gasteiger partial charge in [-0.1, -0.05) is 78.3 Å². The van der Waals surface area contributed by atoms with E-state index in [0.29, 0.717) is 10.6 Å². The van der Waals surface area contributed by atoms with Gasteiger partial charge in [0.25, 0.3) is 0 Å². The van der Waals surface area contributed by atoms with Crippen molar-refractivity contribution >= 4 is 23.0 Å². The summed E-state index contributed by atoms with van der Waals surface area (Å²) in [5, 5.41) is 0.310. The summed E-state index contributed by atoms with van der Waals surface area (Å²) in [7, 11) is 0. The summed E-state index contributed by atoms with van der Waals surface area (Å²) in [4.78, 5) is 0. The molecule has 0 spiro atoms. The van der Waals surface area contributed by atoms with E-state index in [1.54, 1.807) is 6.07 Å². The third-order valence-electron chi connectivity index (χ3n) is 4.74. The van der Waals surface area contributed by atoms with Crippen molar-refractivity contribution in [2.75, 3.05) is 0 Å². The van der Waals surface area contributed by atoms with Gasteiger partial charge in [-0.3, -0.25) is 0 Å². The molecule has 1 unspecified atom stereocenters. The predicted octanol–water partition coefficient (Wildman–Crippen LogP) is 6.40. The topological polar surface area (TPSA) is 35.1 Å². The lowest BCUT2D eigenvalue weighted by molar-refractivity contribution is 0.504. The molecule has 0 radical (unpaired) electrons. The minimum Gasteiger partial charge on any atom is -0.598 e. The number of halogens is 2. The molecule has 0 amide bonds. The van der Waals surface area contributed by atoms with Crippen LogP contribution in [0.5, 0.6) is 0 Å². The molecule has 0 aliphatic heterocycles. The second kappa shape index (κ2) is 9.31. The Morgan fingerprint density at radius 1 is 0.897 bits per heavy atom. The maximum atomic E-state index is 13.7. The number of hydrogen-bond donors (Lipinski definition) is 1. The molecule has 0 saturated carbocycles. The standard InChI is InChI=1S/C24H25ClFNOS/c1-24(2,3)29(28)27-23(20-15-14-19(26)16-21(20)25)22(17-10-6-4-7-11-17)18-12-8-5-9-13-18/h4-16,22-23,27H,1-3H3/t23?,29-/m1/s1. The Kier molecular flexibility index (Phi) is 7.01. The van der Waals surface area contributed by atoms with Crippen molar-refractivity contribution in [1.29, 1.82) is 0 Å². The predicted molar refractivity (Wildman–Crippen MR) is 120 cm³/mol. The largest absolute Gasteiger partial charge is 0.598 e. The maximum Gasteiger partial charge on any atom is 0.136 e. The third-order valence-corrected chi connectivity index (χ3v) is 6.65. The molecule has 0 aliphatic carbocycles. The van der Waals surface area contributed by atoms with Gasteiger partial charge in [0, 0.05) is 22.3 Å². The zero-order chi connectivity index (χ0) is 21.0. The molecule has 0 saturated heterocycles. The van der Waals surface area contributed by atoms with Gasteiger partial charge in [0.05, 0.1) is 6.04 Å². The molecule has 5 heteroatoms. The fourth-order valence-corrected chi connectivity index (χ4v) is 4.39. The van der Waals surface area contributed by atoms with Crippen molar-refractivity contribution in [3.05, 3.63) is 106 Å². The van der Waals surface area contributed by atoms with Crippen molar-refractivity contribution in [3.8, 4) is 0 Å². The molecule has 29 heavy (non-hydrogen) atoms. The van der Waals surface area contributed by atoms with Crippen LogP contribution in [-0.2, 0) is 11.4 Å². The van der Waals surface area contributed by atoms with Gasteiger partial charge in [0.2, 0.25) is 0 Å². The van der Waals surface area contributed by atoms with Gasteiger partial charge in [0.1, 0.15) is 10.6 Å². The highest BCUT2D eigenvalue weighted by Crippen LogP contribution is 2.40. The van der Waals surface area contributed by atoms with Crippen LogP contribution in [0.15, 0.2) is 78.9 Å². The van der Waals surface area contributed by atoms with E-state index in [-0.39, 0.29) is 5.92 Å². The molecule has 152 valence electrons. The molecule has 0 aromatic heterocycles. The fourth-order valence-electron chi connectivity index (χ4n) is 3.26. The minimum atomic E-state index is -1.35. The van der Waals surface area contributed by atoms with E-state index < -0.39 is 28.0 Å². The van der Waals surface area contributed by atoms with Crippen LogP contribution in [0.4, 0.5) is 4.39 Å². The Hall–Kier alpha value is -1.85. The third kappa shape index (κ3) is 5.40. The fraction of sp³-hybridized carbons (Fsp3) is 0.250. The lowest BCUT2D eigenvalue weighted by atomic mass is 9.82. The minimum absolute atomic E-state index is 0.160. The van der Waals surface area contributed by atoms with Gasteiger partial charge in [-0.05, 0) is 49.6 Å². The Morgan fingerprint density at radius 2 is 1.41 bits per heavy atom. The monoisotopic (exact) mass is 429 g/mol. The highest BCUT2D eigenvalue weighted by Gasteiger charge is 2.36. The lowest BCUT2D eigenvalue weighted by Crippen LogP contribution is -2.43. The highest BCUT2D eigenvalue weighted by molar-refractivity contribution is 7.90. The molecule has 1 N–H and O–H groups in total. The van der Waals surface area contributed by atoms with Crippen LogP contribution in [0.3, 0.4) is 0 Å². The molecule has 2 nitrogen and oxygen atoms in total. The van der Waals surface area contributed by atoms with Crippen LogP contribution < -0.4 is 4.72 Å². The molecule has 0 aliphatic rings. The zero-order valence-electron chi connectivity index (χ0n) is 16.7. The van der Waals surface area contributed by atoms with Gasteiger partial charge in [-0.25, -0.2) is 4.39 Å². The number of nitrogens with one attached hydrogen (secondary N) is 1. The summed E-state index contributed by atoms with van der Waals surface area (Å²) in [6.45, 7) is 5.75. The summed E-state index contributed by atoms with van der Waals surface area (Å²) in [5.41, 5.74) is 2.83. The van der Waals surface area contributed by atoms with E-state index in [0.717, 1.165) is 11.1 Å². The maximum absolute atomic E-state index is 13.7. The zero-order valence-corrected chi connectivity index (χ0v) is 18.3. The van der Waals surface area contributed by atoms with Crippen molar-refractivity contribution < 1.29 is 8.94 Å². The summed E-state index contributed by atoms with van der Waals surface area (Å²) in [5.74, 6) is -0.558. The number of rotatable bonds is 6. The van der Waals surface area contributed by atoms with Gasteiger partial charge < -0.3 is 4.55 Å². The normalized spacial score (nSPS) is 14.0. The SMILES string of the molecule is CC(C)(C)[S@@+]([O-])NC(c1ccc(F)cc1Cl)C(c1ccccc1)c1ccccc1. The Balaban J connectivity index is 2.17. The quantitative estimate of drug-likeness (QED) is 0.460. The second-order valence-corrected chi connectivity index (χ2v) is 10.3. The summed E-state index contributed by atoms with van der Waals surface area (Å²) in [6, 6.07) is 24.0. The molecule has 0 fully saturated rings. The average molecular weight is 430 g/mol. The number of hydrogen-bond acceptors (Lipinski definition) is 2. The van der Waals surface area contributed by atoms with Crippen LogP contribution in [-0.4, -0.2) is 9.30 Å². The molecule has 3 rings (SSSR count). The van der Waals surface area contributed by atoms with Crippen LogP contribution in [0, 0.1) is 5.82 Å². The first-order valence-electron chi connectivity index (χ1n) is 9.50. The molecular weight excluding hydrogens is 405 g/mol. The van der Waals surface area contributed by atoms with Gasteiger partial charge in [0.15, 0.2) is 0 Å². The van der Waals surface area contributed by atoms with Crippen molar-refractivity contribution in [2.45, 2.75) is 37.5 Å². The van der Waals surface area contributed by atoms with Crippen LogP contribution in [0.1, 0.15) is 49.4 Å². The molecule has 0 heterocycles. The molecular formula is C24H25ClFNOS. The van der Waals surface area contributed by atoms with Crippen molar-refractivity contribution in [2.24, 2.45) is 0 Å². The lowest BCUT2D eigenvalue weighted by Gasteiger charge is -2.33. The van der Waals surface area contributed by atoms with E-state index in [1.165, 1.54) is 12.1 Å². The van der Waals surface area contributed by atoms with E-state index >= 15 is 0 Å². The molecule has 3 aromatic carbocycles. The van der Waals surface area contributed by atoms with Gasteiger partial charge in [-0.2, -0.15) is 0 Å². The van der Waals surface area contributed by atoms with Crippen molar-refractivity contribution in [3.63, 3.8) is 0 Å². The number of benzene rings is 3. The summed E-state index contributed by atoms with van der Waals surface area (Å²) >= 11 is 5.11. The Bertz CT molecular complexity index is 891. The van der Waals surface area contributed by atoms with Crippen molar-refractivity contribution in [1.82, 2.24) is 4.72 Å². The molecule has 0 bridgehead atoms. The Morgan fingerprint density at radius 3 is 1.86 bits per heavy atom. The second-order valence-electron chi connectivity index (χ2n) is 7.94. The first-order chi connectivity index (χ1) is 13.8. The van der Waals surface area contributed by atoms with Gasteiger partial charge >= 0.3 is 0 Å². The van der Waals surface area contributed by atoms with E-state index in [4.69, 9.17) is 11.6 Å². The Labute approximate surface area is 180 Å². The first kappa shape index (κ1) is 21.8. The smallest absolute Gasteiger partial charge is 0.136 e. The van der Waals surface area contributed by atoms with E-state index in [1.807, 2.05) is 81.4 Å². The molecule has 2 atom stereocenters. The summed E-state index contributed by atoms with van der Waals surface area (Å²) in [6.07, 6.45) is 0. The van der Waals surface area contributed by atoms with Crippen LogP contribution in [0.25, 0.3) is 0 Å². The van der Waals surface area contributed by atoms with Crippen LogP contribution >= 0.6 is 11.6 Å². The van der Waals surface area contributed by atoms with E-state index in [2.05, 4.69) is 4.72 Å². The first-order valence-corrected chi connectivity index (χ1v) is 11.0. The average Bonchev–Trinajstić information content (AvgIpc) is 2.68. The van der Waals surface area contributed by atoms with E-state index in [9.17, 15) is 8.94 Å². The van der Waals surface area contributed by atoms with Crippen LogP contribution in [0.2, 0.25) is 5.02 Å². The van der Waals surface area contributed by atoms with Gasteiger partial charge in [-0.15, -0.1) is 4.72 Å².